The number of carbonyl (C=O) groups excluding carboxylic acids is 2. The van der Waals surface area contributed by atoms with Crippen molar-refractivity contribution in [2.24, 2.45) is 0 Å². The summed E-state index contributed by atoms with van der Waals surface area (Å²) >= 11 is 0. The van der Waals surface area contributed by atoms with Gasteiger partial charge in [-0.25, -0.2) is 4.79 Å². The molecule has 0 unspecified atom stereocenters. The van der Waals surface area contributed by atoms with Crippen molar-refractivity contribution in [1.29, 1.82) is 5.26 Å². The fourth-order valence-electron chi connectivity index (χ4n) is 3.90. The molecule has 0 spiro atoms. The Labute approximate surface area is 194 Å². The van der Waals surface area contributed by atoms with Crippen molar-refractivity contribution in [3.05, 3.63) is 89.5 Å². The summed E-state index contributed by atoms with van der Waals surface area (Å²) in [5.74, 6) is -0.265. The molecular formula is C27H26N4O2. The monoisotopic (exact) mass is 438 g/mol. The lowest BCUT2D eigenvalue weighted by molar-refractivity contribution is 0.102. The molecule has 3 aromatic rings. The Kier molecular flexibility index (Phi) is 5.89. The number of carbonyl (C=O) groups is 2. The number of aryl methyl sites for hydroxylation is 1. The molecule has 3 amide bonds. The molecule has 166 valence electrons. The minimum Gasteiger partial charge on any atom is -0.322 e. The Bertz CT molecular complexity index is 1240. The smallest absolute Gasteiger partial charge is 0.322 e. The van der Waals surface area contributed by atoms with E-state index in [1.54, 1.807) is 28.0 Å². The number of nitrogens with zero attached hydrogens (tertiary/aromatic N) is 3. The Hall–Kier alpha value is -4.11. The van der Waals surface area contributed by atoms with Gasteiger partial charge in [0.25, 0.3) is 5.91 Å². The average Bonchev–Trinajstić information content (AvgIpc) is 3.22. The SMILES string of the molecule is Cc1ccc(NC(=O)c2cccc(C(C)(C)C#N)c2)cc1N1CCN(c2ccccc2)C1=O. The molecule has 1 saturated heterocycles. The lowest BCUT2D eigenvalue weighted by Crippen LogP contribution is -2.32. The maximum Gasteiger partial charge on any atom is 0.329 e. The predicted octanol–water partition coefficient (Wildman–Crippen LogP) is 5.50. The Morgan fingerprint density at radius 3 is 2.42 bits per heavy atom. The van der Waals surface area contributed by atoms with Gasteiger partial charge >= 0.3 is 6.03 Å². The second kappa shape index (κ2) is 8.79. The number of nitriles is 1. The first-order valence-corrected chi connectivity index (χ1v) is 10.9. The fraction of sp³-hybridized carbons (Fsp3) is 0.222. The van der Waals surface area contributed by atoms with E-state index in [0.29, 0.717) is 24.3 Å². The number of anilines is 3. The standard InChI is InChI=1S/C27H26N4O2/c1-19-12-13-22(29-25(32)20-8-7-9-21(16-20)27(2,3)18-28)17-24(19)31-15-14-30(26(31)33)23-10-5-4-6-11-23/h4-13,16-17H,14-15H2,1-3H3,(H,29,32). The molecule has 6 heteroatoms. The van der Waals surface area contributed by atoms with Crippen LogP contribution in [0.5, 0.6) is 0 Å². The summed E-state index contributed by atoms with van der Waals surface area (Å²) in [6.07, 6.45) is 0. The highest BCUT2D eigenvalue weighted by Crippen LogP contribution is 2.30. The first-order chi connectivity index (χ1) is 15.8. The van der Waals surface area contributed by atoms with Crippen LogP contribution in [-0.2, 0) is 5.41 Å². The lowest BCUT2D eigenvalue weighted by atomic mass is 9.85. The highest BCUT2D eigenvalue weighted by Gasteiger charge is 2.31. The molecule has 6 nitrogen and oxygen atoms in total. The fourth-order valence-corrected chi connectivity index (χ4v) is 3.90. The number of para-hydroxylation sites is 1. The number of amides is 3. The molecule has 33 heavy (non-hydrogen) atoms. The zero-order chi connectivity index (χ0) is 23.6. The van der Waals surface area contributed by atoms with E-state index in [-0.39, 0.29) is 11.9 Å². The molecule has 0 saturated carbocycles. The summed E-state index contributed by atoms with van der Waals surface area (Å²) in [5.41, 5.74) is 3.78. The van der Waals surface area contributed by atoms with E-state index < -0.39 is 5.41 Å². The van der Waals surface area contributed by atoms with Gasteiger partial charge in [0.1, 0.15) is 0 Å². The van der Waals surface area contributed by atoms with Crippen molar-refractivity contribution in [3.8, 4) is 6.07 Å². The molecule has 1 heterocycles. The Balaban J connectivity index is 1.55. The molecule has 0 radical (unpaired) electrons. The van der Waals surface area contributed by atoms with Crippen LogP contribution in [0.2, 0.25) is 0 Å². The Morgan fingerprint density at radius 2 is 1.70 bits per heavy atom. The van der Waals surface area contributed by atoms with Crippen LogP contribution in [0.1, 0.15) is 35.3 Å². The van der Waals surface area contributed by atoms with E-state index in [4.69, 9.17) is 0 Å². The minimum absolute atomic E-state index is 0.0841. The van der Waals surface area contributed by atoms with Crippen molar-refractivity contribution in [2.75, 3.05) is 28.2 Å². The van der Waals surface area contributed by atoms with Gasteiger partial charge in [-0.1, -0.05) is 36.4 Å². The number of hydrogen-bond acceptors (Lipinski definition) is 3. The summed E-state index contributed by atoms with van der Waals surface area (Å²) in [5, 5.41) is 12.3. The van der Waals surface area contributed by atoms with Gasteiger partial charge in [-0.3, -0.25) is 14.6 Å². The van der Waals surface area contributed by atoms with Gasteiger partial charge in [-0.15, -0.1) is 0 Å². The van der Waals surface area contributed by atoms with Crippen LogP contribution in [0, 0.1) is 18.3 Å². The largest absolute Gasteiger partial charge is 0.329 e. The van der Waals surface area contributed by atoms with Gasteiger partial charge < -0.3 is 5.32 Å². The number of nitrogens with one attached hydrogen (secondary N) is 1. The minimum atomic E-state index is -0.686. The van der Waals surface area contributed by atoms with Crippen molar-refractivity contribution >= 4 is 29.0 Å². The van der Waals surface area contributed by atoms with Gasteiger partial charge in [0.2, 0.25) is 0 Å². The van der Waals surface area contributed by atoms with Crippen LogP contribution in [0.15, 0.2) is 72.8 Å². The zero-order valence-corrected chi connectivity index (χ0v) is 19.0. The summed E-state index contributed by atoms with van der Waals surface area (Å²) in [6, 6.07) is 24.5. The topological polar surface area (TPSA) is 76.4 Å². The van der Waals surface area contributed by atoms with Gasteiger partial charge in [-0.05, 0) is 68.3 Å². The van der Waals surface area contributed by atoms with Crippen LogP contribution < -0.4 is 15.1 Å². The molecule has 0 aliphatic carbocycles. The van der Waals surface area contributed by atoms with E-state index in [1.807, 2.05) is 75.4 Å². The van der Waals surface area contributed by atoms with E-state index in [1.165, 1.54) is 0 Å². The van der Waals surface area contributed by atoms with E-state index in [2.05, 4.69) is 11.4 Å². The van der Waals surface area contributed by atoms with Crippen molar-refractivity contribution < 1.29 is 9.59 Å². The molecule has 1 aliphatic heterocycles. The first-order valence-electron chi connectivity index (χ1n) is 10.9. The molecule has 1 aliphatic rings. The quantitative estimate of drug-likeness (QED) is 0.572. The highest BCUT2D eigenvalue weighted by molar-refractivity contribution is 6.08. The molecule has 3 aromatic carbocycles. The van der Waals surface area contributed by atoms with Gasteiger partial charge in [0.05, 0.1) is 17.2 Å². The number of rotatable bonds is 5. The third-order valence-electron chi connectivity index (χ3n) is 5.96. The number of urea groups is 1. The highest BCUT2D eigenvalue weighted by atomic mass is 16.2. The third-order valence-corrected chi connectivity index (χ3v) is 5.96. The second-order valence-electron chi connectivity index (χ2n) is 8.69. The van der Waals surface area contributed by atoms with E-state index in [9.17, 15) is 14.9 Å². The van der Waals surface area contributed by atoms with Crippen LogP contribution >= 0.6 is 0 Å². The second-order valence-corrected chi connectivity index (χ2v) is 8.69. The normalized spacial score (nSPS) is 13.7. The summed E-state index contributed by atoms with van der Waals surface area (Å²) in [7, 11) is 0. The van der Waals surface area contributed by atoms with Crippen molar-refractivity contribution in [2.45, 2.75) is 26.2 Å². The van der Waals surface area contributed by atoms with Gasteiger partial charge in [0, 0.05) is 30.0 Å². The van der Waals surface area contributed by atoms with Crippen LogP contribution in [-0.4, -0.2) is 25.0 Å². The summed E-state index contributed by atoms with van der Waals surface area (Å²) in [6.45, 7) is 6.76. The van der Waals surface area contributed by atoms with E-state index in [0.717, 1.165) is 22.5 Å². The first kappa shape index (κ1) is 22.1. The van der Waals surface area contributed by atoms with Gasteiger partial charge in [-0.2, -0.15) is 5.26 Å². The molecular weight excluding hydrogens is 412 g/mol. The molecule has 0 aromatic heterocycles. The van der Waals surface area contributed by atoms with Crippen molar-refractivity contribution in [3.63, 3.8) is 0 Å². The molecule has 0 bridgehead atoms. The summed E-state index contributed by atoms with van der Waals surface area (Å²) in [4.78, 5) is 29.5. The summed E-state index contributed by atoms with van der Waals surface area (Å²) < 4.78 is 0. The molecule has 0 atom stereocenters. The average molecular weight is 439 g/mol. The maximum absolute atomic E-state index is 13.1. The number of hydrogen-bond donors (Lipinski definition) is 1. The van der Waals surface area contributed by atoms with Crippen LogP contribution in [0.3, 0.4) is 0 Å². The zero-order valence-electron chi connectivity index (χ0n) is 19.0. The van der Waals surface area contributed by atoms with Crippen LogP contribution in [0.4, 0.5) is 21.9 Å². The van der Waals surface area contributed by atoms with Crippen LogP contribution in [0.25, 0.3) is 0 Å². The third kappa shape index (κ3) is 4.44. The van der Waals surface area contributed by atoms with Crippen molar-refractivity contribution in [1.82, 2.24) is 0 Å². The van der Waals surface area contributed by atoms with Gasteiger partial charge in [0.15, 0.2) is 0 Å². The number of benzene rings is 3. The molecule has 1 fully saturated rings. The maximum atomic E-state index is 13.1. The predicted molar refractivity (Wildman–Crippen MR) is 131 cm³/mol. The Morgan fingerprint density at radius 1 is 0.970 bits per heavy atom. The molecule has 4 rings (SSSR count). The molecule has 1 N–H and O–H groups in total. The van der Waals surface area contributed by atoms with E-state index >= 15 is 0 Å². The lowest BCUT2D eigenvalue weighted by Gasteiger charge is -2.21.